The monoisotopic (exact) mass is 1010 g/mol. The number of allylic oxidation sites excluding steroid dienone is 2. The molecule has 420 valence electrons. The Morgan fingerprint density at radius 1 is 0.378 bits per heavy atom. The number of hydrogen-bond acceptors (Lipinski definition) is 2. The van der Waals surface area contributed by atoms with Gasteiger partial charge >= 0.3 is 0 Å². The molecule has 0 aromatic heterocycles. The molecule has 0 aliphatic carbocycles. The van der Waals surface area contributed by atoms with Crippen molar-refractivity contribution in [2.45, 2.75) is 349 Å². The SMILES string of the molecule is CCCCCCCCCCCCCC=CC(=Nc1cccc(CCCCCCCCCCCCCCCCC)c1)C(C#CCCCCCCCCCCCCCCCCCCCCCC)=Nc1cc(C)cc(C)c1. The van der Waals surface area contributed by atoms with Crippen LogP contribution in [0.5, 0.6) is 0 Å². The molecular formula is C72H122N2. The molecule has 0 atom stereocenters. The number of unbranched alkanes of at least 4 members (excludes halogenated alkanes) is 45. The minimum atomic E-state index is 0.797. The highest BCUT2D eigenvalue weighted by atomic mass is 14.8. The third-order valence-electron chi connectivity index (χ3n) is 15.5. The number of rotatable bonds is 52. The van der Waals surface area contributed by atoms with E-state index < -0.39 is 0 Å². The number of benzene rings is 2. The smallest absolute Gasteiger partial charge is 0.139 e. The molecule has 74 heavy (non-hydrogen) atoms. The fourth-order valence-electron chi connectivity index (χ4n) is 10.8. The van der Waals surface area contributed by atoms with Crippen LogP contribution >= 0.6 is 0 Å². The zero-order valence-corrected chi connectivity index (χ0v) is 50.2. The minimum Gasteiger partial charge on any atom is -0.246 e. The maximum atomic E-state index is 5.38. The van der Waals surface area contributed by atoms with E-state index in [2.05, 4.69) is 101 Å². The van der Waals surface area contributed by atoms with Crippen LogP contribution in [0.4, 0.5) is 11.4 Å². The van der Waals surface area contributed by atoms with Crippen LogP contribution in [0.1, 0.15) is 346 Å². The lowest BCUT2D eigenvalue weighted by Gasteiger charge is -2.07. The van der Waals surface area contributed by atoms with Gasteiger partial charge in [0.25, 0.3) is 0 Å². The lowest BCUT2D eigenvalue weighted by atomic mass is 10.0. The van der Waals surface area contributed by atoms with E-state index in [0.29, 0.717) is 0 Å². The lowest BCUT2D eigenvalue weighted by Crippen LogP contribution is -2.09. The van der Waals surface area contributed by atoms with Crippen molar-refractivity contribution in [1.82, 2.24) is 0 Å². The van der Waals surface area contributed by atoms with Gasteiger partial charge in [0.1, 0.15) is 5.71 Å². The predicted octanol–water partition coefficient (Wildman–Crippen LogP) is 25.0. The van der Waals surface area contributed by atoms with Crippen LogP contribution in [0, 0.1) is 25.7 Å². The third kappa shape index (κ3) is 42.2. The first-order valence-electron chi connectivity index (χ1n) is 33.1. The molecule has 2 heteroatoms. The molecule has 2 rings (SSSR count). The van der Waals surface area contributed by atoms with Gasteiger partial charge in [-0.15, -0.1) is 0 Å². The van der Waals surface area contributed by atoms with Gasteiger partial charge in [0, 0.05) is 6.42 Å². The maximum Gasteiger partial charge on any atom is 0.139 e. The van der Waals surface area contributed by atoms with E-state index >= 15 is 0 Å². The predicted molar refractivity (Wildman–Crippen MR) is 336 cm³/mol. The van der Waals surface area contributed by atoms with Gasteiger partial charge < -0.3 is 0 Å². The maximum absolute atomic E-state index is 5.38. The molecule has 0 bridgehead atoms. The van der Waals surface area contributed by atoms with E-state index in [-0.39, 0.29) is 0 Å². The molecule has 0 spiro atoms. The molecule has 0 saturated heterocycles. The zero-order valence-electron chi connectivity index (χ0n) is 50.2. The highest BCUT2D eigenvalue weighted by Gasteiger charge is 2.08. The fraction of sp³-hybridized carbons (Fsp3) is 0.750. The summed E-state index contributed by atoms with van der Waals surface area (Å²) in [4.78, 5) is 10.7. The van der Waals surface area contributed by atoms with E-state index in [1.54, 1.807) is 0 Å². The second-order valence-electron chi connectivity index (χ2n) is 23.2. The molecule has 0 N–H and O–H groups in total. The van der Waals surface area contributed by atoms with Crippen molar-refractivity contribution in [3.8, 4) is 11.8 Å². The van der Waals surface area contributed by atoms with Crippen molar-refractivity contribution in [2.75, 3.05) is 0 Å². The molecule has 0 fully saturated rings. The Morgan fingerprint density at radius 2 is 0.743 bits per heavy atom. The molecule has 2 aromatic carbocycles. The standard InChI is InChI=1S/C72H122N2/c1-6-9-12-15-18-21-24-27-29-30-31-32-33-34-35-37-40-43-46-49-52-55-61-72(74-70-63-66(4)62-67(5)64-70)71(60-54-51-48-45-42-38-26-23-20-17-14-11-8-3)73-69-59-56-58-68(65-69)57-53-50-47-44-41-39-36-28-25-22-19-16-13-10-7-2/h54,56,58-60,62-65H,6-53,57H2,1-5H3. The van der Waals surface area contributed by atoms with E-state index in [0.717, 1.165) is 48.5 Å². The molecule has 0 radical (unpaired) electrons. The summed E-state index contributed by atoms with van der Waals surface area (Å²) < 4.78 is 0. The summed E-state index contributed by atoms with van der Waals surface area (Å²) in [5.74, 6) is 7.20. The Labute approximate surface area is 462 Å². The summed E-state index contributed by atoms with van der Waals surface area (Å²) in [6.45, 7) is 11.3. The van der Waals surface area contributed by atoms with Crippen LogP contribution in [-0.4, -0.2) is 11.4 Å². The highest BCUT2D eigenvalue weighted by Crippen LogP contribution is 2.22. The van der Waals surface area contributed by atoms with Crippen molar-refractivity contribution in [1.29, 1.82) is 0 Å². The van der Waals surface area contributed by atoms with E-state index in [1.165, 1.54) is 306 Å². The van der Waals surface area contributed by atoms with Crippen molar-refractivity contribution in [2.24, 2.45) is 9.98 Å². The number of nitrogens with zero attached hydrogens (tertiary/aromatic N) is 2. The van der Waals surface area contributed by atoms with Crippen LogP contribution in [0.3, 0.4) is 0 Å². The Kier molecular flexibility index (Phi) is 47.4. The Hall–Kier alpha value is -2.92. The normalized spacial score (nSPS) is 12.1. The molecule has 0 amide bonds. The molecule has 0 saturated carbocycles. The van der Waals surface area contributed by atoms with Crippen LogP contribution in [-0.2, 0) is 6.42 Å². The third-order valence-corrected chi connectivity index (χ3v) is 15.5. The van der Waals surface area contributed by atoms with Gasteiger partial charge in [0.15, 0.2) is 0 Å². The lowest BCUT2D eigenvalue weighted by molar-refractivity contribution is 0.522. The first-order valence-corrected chi connectivity index (χ1v) is 33.1. The van der Waals surface area contributed by atoms with Gasteiger partial charge in [0.2, 0.25) is 0 Å². The topological polar surface area (TPSA) is 24.7 Å². The fourth-order valence-corrected chi connectivity index (χ4v) is 10.8. The second-order valence-corrected chi connectivity index (χ2v) is 23.2. The van der Waals surface area contributed by atoms with Crippen LogP contribution in [0.15, 0.2) is 64.6 Å². The van der Waals surface area contributed by atoms with E-state index in [4.69, 9.17) is 9.98 Å². The Bertz CT molecular complexity index is 1680. The van der Waals surface area contributed by atoms with Crippen molar-refractivity contribution in [3.05, 3.63) is 71.3 Å². The van der Waals surface area contributed by atoms with E-state index in [9.17, 15) is 0 Å². The summed E-state index contributed by atoms with van der Waals surface area (Å²) >= 11 is 0. The molecular weight excluding hydrogens is 893 g/mol. The second kappa shape index (κ2) is 52.1. The molecule has 2 nitrogen and oxygen atoms in total. The van der Waals surface area contributed by atoms with Gasteiger partial charge in [-0.2, -0.15) is 0 Å². The minimum absolute atomic E-state index is 0.797. The summed E-state index contributed by atoms with van der Waals surface area (Å²) in [7, 11) is 0. The molecule has 0 aliphatic rings. The van der Waals surface area contributed by atoms with Gasteiger partial charge in [-0.05, 0) is 98.9 Å². The molecule has 0 unspecified atom stereocenters. The summed E-state index contributed by atoms with van der Waals surface area (Å²) in [5, 5.41) is 0. The van der Waals surface area contributed by atoms with Gasteiger partial charge in [-0.25, -0.2) is 9.98 Å². The van der Waals surface area contributed by atoms with Gasteiger partial charge in [0.05, 0.1) is 17.1 Å². The number of aliphatic imine (C=N–C) groups is 2. The molecule has 2 aromatic rings. The van der Waals surface area contributed by atoms with Gasteiger partial charge in [-0.3, -0.25) is 0 Å². The number of aryl methyl sites for hydroxylation is 3. The number of hydrogen-bond donors (Lipinski definition) is 0. The van der Waals surface area contributed by atoms with Crippen LogP contribution in [0.25, 0.3) is 0 Å². The molecule has 0 heterocycles. The first-order chi connectivity index (χ1) is 36.5. The largest absolute Gasteiger partial charge is 0.246 e. The average Bonchev–Trinajstić information content (AvgIpc) is 3.39. The van der Waals surface area contributed by atoms with Crippen molar-refractivity contribution < 1.29 is 0 Å². The Balaban J connectivity index is 1.94. The summed E-state index contributed by atoms with van der Waals surface area (Å²) in [5.41, 5.74) is 7.54. The average molecular weight is 1020 g/mol. The van der Waals surface area contributed by atoms with E-state index in [1.807, 2.05) is 0 Å². The van der Waals surface area contributed by atoms with Crippen molar-refractivity contribution in [3.63, 3.8) is 0 Å². The van der Waals surface area contributed by atoms with Crippen LogP contribution in [0.2, 0.25) is 0 Å². The van der Waals surface area contributed by atoms with Crippen LogP contribution < -0.4 is 0 Å². The van der Waals surface area contributed by atoms with Gasteiger partial charge in [-0.1, -0.05) is 327 Å². The first kappa shape index (κ1) is 67.2. The quantitative estimate of drug-likeness (QED) is 0.0358. The highest BCUT2D eigenvalue weighted by molar-refractivity contribution is 6.53. The summed E-state index contributed by atoms with van der Waals surface area (Å²) in [6, 6.07) is 15.6. The zero-order chi connectivity index (χ0) is 52.9. The summed E-state index contributed by atoms with van der Waals surface area (Å²) in [6.07, 6.45) is 71.9. The Morgan fingerprint density at radius 3 is 1.15 bits per heavy atom. The van der Waals surface area contributed by atoms with Crippen molar-refractivity contribution >= 4 is 22.8 Å². The molecule has 0 aliphatic heterocycles.